The van der Waals surface area contributed by atoms with E-state index in [1.165, 1.54) is 29.8 Å². The Bertz CT molecular complexity index is 551. The molecule has 0 amide bonds. The highest BCUT2D eigenvalue weighted by molar-refractivity contribution is 5.37. The summed E-state index contributed by atoms with van der Waals surface area (Å²) in [5, 5.41) is 8.20. The highest BCUT2D eigenvalue weighted by atomic mass is 15.3. The monoisotopic (exact) mass is 269 g/mol. The highest BCUT2D eigenvalue weighted by Gasteiger charge is 2.24. The summed E-state index contributed by atoms with van der Waals surface area (Å²) in [7, 11) is 0. The molecule has 1 saturated heterocycles. The van der Waals surface area contributed by atoms with Crippen LogP contribution >= 0.6 is 0 Å². The maximum atomic E-state index is 4.67. The number of hydrogen-bond acceptors (Lipinski definition) is 2. The molecule has 20 heavy (non-hydrogen) atoms. The van der Waals surface area contributed by atoms with Crippen LogP contribution in [0.1, 0.15) is 49.8 Å². The molecule has 1 aliphatic rings. The Kier molecular flexibility index (Phi) is 3.88. The predicted octanol–water partition coefficient (Wildman–Crippen LogP) is 3.46. The first-order chi connectivity index (χ1) is 9.77. The predicted molar refractivity (Wildman–Crippen MR) is 82.5 cm³/mol. The Hall–Kier alpha value is -1.61. The van der Waals surface area contributed by atoms with E-state index in [1.807, 2.05) is 0 Å². The lowest BCUT2D eigenvalue weighted by Crippen LogP contribution is -2.30. The maximum Gasteiger partial charge on any atom is 0.0649 e. The summed E-state index contributed by atoms with van der Waals surface area (Å²) in [5.74, 6) is 1.09. The van der Waals surface area contributed by atoms with E-state index in [-0.39, 0.29) is 0 Å². The van der Waals surface area contributed by atoms with Crippen LogP contribution in [0.2, 0.25) is 0 Å². The van der Waals surface area contributed by atoms with E-state index in [0.717, 1.165) is 13.1 Å². The Labute approximate surface area is 121 Å². The second-order valence-corrected chi connectivity index (χ2v) is 5.93. The van der Waals surface area contributed by atoms with Gasteiger partial charge in [0, 0.05) is 12.5 Å². The summed E-state index contributed by atoms with van der Waals surface area (Å²) < 4.78 is 2.15. The number of para-hydroxylation sites is 1. The van der Waals surface area contributed by atoms with E-state index in [0.29, 0.717) is 11.8 Å². The van der Waals surface area contributed by atoms with Gasteiger partial charge in [0.05, 0.1) is 17.6 Å². The van der Waals surface area contributed by atoms with E-state index in [1.54, 1.807) is 0 Å². The molecule has 106 valence electrons. The van der Waals surface area contributed by atoms with Gasteiger partial charge in [-0.25, -0.2) is 4.68 Å². The third kappa shape index (κ3) is 2.50. The number of nitrogens with one attached hydrogen (secondary N) is 1. The van der Waals surface area contributed by atoms with Crippen LogP contribution in [0.15, 0.2) is 36.5 Å². The van der Waals surface area contributed by atoms with Crippen LogP contribution < -0.4 is 5.32 Å². The molecular formula is C17H23N3. The van der Waals surface area contributed by atoms with E-state index in [9.17, 15) is 0 Å². The van der Waals surface area contributed by atoms with Crippen molar-refractivity contribution in [3.05, 3.63) is 47.8 Å². The summed E-state index contributed by atoms with van der Waals surface area (Å²) >= 11 is 0. The second kappa shape index (κ2) is 5.80. The third-order valence-corrected chi connectivity index (χ3v) is 4.14. The SMILES string of the molecule is CC(C)c1cnn(-c2ccccc2)c1C1CCCNC1. The molecule has 1 fully saturated rings. The first-order valence-electron chi connectivity index (χ1n) is 7.61. The van der Waals surface area contributed by atoms with E-state index < -0.39 is 0 Å². The number of hydrogen-bond donors (Lipinski definition) is 1. The lowest BCUT2D eigenvalue weighted by molar-refractivity contribution is 0.444. The minimum atomic E-state index is 0.518. The van der Waals surface area contributed by atoms with Crippen molar-refractivity contribution >= 4 is 0 Å². The molecule has 2 heterocycles. The number of nitrogens with zero attached hydrogens (tertiary/aromatic N) is 2. The molecule has 3 nitrogen and oxygen atoms in total. The lowest BCUT2D eigenvalue weighted by atomic mass is 9.90. The summed E-state index contributed by atoms with van der Waals surface area (Å²) in [4.78, 5) is 0. The Morgan fingerprint density at radius 1 is 1.25 bits per heavy atom. The van der Waals surface area contributed by atoms with Gasteiger partial charge >= 0.3 is 0 Å². The van der Waals surface area contributed by atoms with Crippen molar-refractivity contribution in [1.82, 2.24) is 15.1 Å². The fourth-order valence-corrected chi connectivity index (χ4v) is 3.08. The maximum absolute atomic E-state index is 4.67. The van der Waals surface area contributed by atoms with Gasteiger partial charge in [-0.2, -0.15) is 5.10 Å². The number of rotatable bonds is 3. The molecule has 3 rings (SSSR count). The smallest absolute Gasteiger partial charge is 0.0649 e. The molecule has 1 atom stereocenters. The van der Waals surface area contributed by atoms with Crippen LogP contribution in [0.25, 0.3) is 5.69 Å². The molecule has 0 radical (unpaired) electrons. The molecule has 0 spiro atoms. The lowest BCUT2D eigenvalue weighted by Gasteiger charge is -2.25. The quantitative estimate of drug-likeness (QED) is 0.924. The summed E-state index contributed by atoms with van der Waals surface area (Å²) in [6.07, 6.45) is 4.56. The molecule has 0 saturated carbocycles. The number of benzene rings is 1. The zero-order valence-corrected chi connectivity index (χ0v) is 12.3. The van der Waals surface area contributed by atoms with Gasteiger partial charge in [0.15, 0.2) is 0 Å². The highest BCUT2D eigenvalue weighted by Crippen LogP contribution is 2.32. The normalized spacial score (nSPS) is 19.4. The molecule has 2 aromatic rings. The average molecular weight is 269 g/mol. The average Bonchev–Trinajstić information content (AvgIpc) is 2.94. The molecule has 1 aliphatic heterocycles. The van der Waals surface area contributed by atoms with Gasteiger partial charge in [-0.15, -0.1) is 0 Å². The van der Waals surface area contributed by atoms with Crippen LogP contribution in [0.4, 0.5) is 0 Å². The van der Waals surface area contributed by atoms with Crippen LogP contribution in [0.3, 0.4) is 0 Å². The van der Waals surface area contributed by atoms with Crippen molar-refractivity contribution in [3.8, 4) is 5.69 Å². The zero-order chi connectivity index (χ0) is 13.9. The van der Waals surface area contributed by atoms with Gasteiger partial charge in [-0.3, -0.25) is 0 Å². The fraction of sp³-hybridized carbons (Fsp3) is 0.471. The van der Waals surface area contributed by atoms with Gasteiger partial charge in [-0.05, 0) is 43.0 Å². The first-order valence-corrected chi connectivity index (χ1v) is 7.61. The Morgan fingerprint density at radius 2 is 2.05 bits per heavy atom. The topological polar surface area (TPSA) is 29.9 Å². The molecule has 1 aromatic heterocycles. The molecule has 1 N–H and O–H groups in total. The van der Waals surface area contributed by atoms with Gasteiger partial charge in [0.25, 0.3) is 0 Å². The van der Waals surface area contributed by atoms with Gasteiger partial charge in [-0.1, -0.05) is 32.0 Å². The minimum absolute atomic E-state index is 0.518. The van der Waals surface area contributed by atoms with Crippen molar-refractivity contribution < 1.29 is 0 Å². The van der Waals surface area contributed by atoms with Gasteiger partial charge < -0.3 is 5.32 Å². The Morgan fingerprint density at radius 3 is 2.70 bits per heavy atom. The fourth-order valence-electron chi connectivity index (χ4n) is 3.08. The van der Waals surface area contributed by atoms with E-state index in [2.05, 4.69) is 65.5 Å². The molecule has 0 bridgehead atoms. The summed E-state index contributed by atoms with van der Waals surface area (Å²) in [6, 6.07) is 10.5. The largest absolute Gasteiger partial charge is 0.316 e. The number of aromatic nitrogens is 2. The molecule has 0 aliphatic carbocycles. The summed E-state index contributed by atoms with van der Waals surface area (Å²) in [5.41, 5.74) is 3.96. The molecule has 1 aromatic carbocycles. The molecule has 3 heteroatoms. The molecule has 1 unspecified atom stereocenters. The van der Waals surface area contributed by atoms with Crippen LogP contribution in [-0.4, -0.2) is 22.9 Å². The van der Waals surface area contributed by atoms with Crippen LogP contribution in [0, 0.1) is 0 Å². The Balaban J connectivity index is 2.06. The third-order valence-electron chi connectivity index (χ3n) is 4.14. The first kappa shape index (κ1) is 13.4. The standard InChI is InChI=1S/C17H23N3/c1-13(2)16-12-19-20(15-8-4-3-5-9-15)17(16)14-7-6-10-18-11-14/h3-5,8-9,12-14,18H,6-7,10-11H2,1-2H3. The van der Waals surface area contributed by atoms with Crippen molar-refractivity contribution in [2.45, 2.75) is 38.5 Å². The van der Waals surface area contributed by atoms with E-state index >= 15 is 0 Å². The van der Waals surface area contributed by atoms with Crippen molar-refractivity contribution in [2.24, 2.45) is 0 Å². The summed E-state index contributed by atoms with van der Waals surface area (Å²) in [6.45, 7) is 6.73. The van der Waals surface area contributed by atoms with Crippen molar-refractivity contribution in [3.63, 3.8) is 0 Å². The van der Waals surface area contributed by atoms with E-state index in [4.69, 9.17) is 0 Å². The minimum Gasteiger partial charge on any atom is -0.316 e. The molecular weight excluding hydrogens is 246 g/mol. The van der Waals surface area contributed by atoms with Crippen LogP contribution in [-0.2, 0) is 0 Å². The van der Waals surface area contributed by atoms with Crippen molar-refractivity contribution in [2.75, 3.05) is 13.1 Å². The van der Waals surface area contributed by atoms with Gasteiger partial charge in [0.1, 0.15) is 0 Å². The van der Waals surface area contributed by atoms with Crippen LogP contribution in [0.5, 0.6) is 0 Å². The number of piperidine rings is 1. The second-order valence-electron chi connectivity index (χ2n) is 5.93. The van der Waals surface area contributed by atoms with Crippen molar-refractivity contribution in [1.29, 1.82) is 0 Å². The zero-order valence-electron chi connectivity index (χ0n) is 12.3. The van der Waals surface area contributed by atoms with Gasteiger partial charge in [0.2, 0.25) is 0 Å².